The first-order valence-electron chi connectivity index (χ1n) is 10.9. The van der Waals surface area contributed by atoms with Gasteiger partial charge in [-0.05, 0) is 48.0 Å². The molecule has 3 aromatic carbocycles. The molecule has 0 unspecified atom stereocenters. The lowest BCUT2D eigenvalue weighted by Crippen LogP contribution is -2.44. The summed E-state index contributed by atoms with van der Waals surface area (Å²) in [5, 5.41) is 3.76. The van der Waals surface area contributed by atoms with Gasteiger partial charge in [-0.25, -0.2) is 0 Å². The van der Waals surface area contributed by atoms with Crippen LogP contribution in [0.15, 0.2) is 78.9 Å². The molecule has 164 valence electrons. The van der Waals surface area contributed by atoms with Gasteiger partial charge in [0.15, 0.2) is 0 Å². The maximum atomic E-state index is 13.3. The molecule has 1 saturated heterocycles. The molecule has 0 saturated carbocycles. The number of rotatable bonds is 6. The summed E-state index contributed by atoms with van der Waals surface area (Å²) in [4.78, 5) is 18.0. The molecule has 32 heavy (non-hydrogen) atoms. The number of amides is 1. The highest BCUT2D eigenvalue weighted by Crippen LogP contribution is 2.27. The van der Waals surface area contributed by atoms with Crippen molar-refractivity contribution in [1.29, 1.82) is 0 Å². The molecule has 0 atom stereocenters. The molecule has 0 spiro atoms. The Hall–Kier alpha value is -3.08. The van der Waals surface area contributed by atoms with Gasteiger partial charge in [0.1, 0.15) is 0 Å². The lowest BCUT2D eigenvalue weighted by molar-refractivity contribution is -0.115. The van der Waals surface area contributed by atoms with Crippen LogP contribution in [-0.4, -0.2) is 44.0 Å². The number of carbonyl (C=O) groups is 1. The van der Waals surface area contributed by atoms with E-state index in [-0.39, 0.29) is 5.91 Å². The number of hydrogen-bond donors (Lipinski definition) is 1. The number of piperazine rings is 1. The molecule has 0 aromatic heterocycles. The molecule has 1 aliphatic rings. The molecule has 4 nitrogen and oxygen atoms in total. The third kappa shape index (κ3) is 5.58. The topological polar surface area (TPSA) is 35.6 Å². The Kier molecular flexibility index (Phi) is 7.25. The van der Waals surface area contributed by atoms with E-state index in [0.29, 0.717) is 17.1 Å². The quantitative estimate of drug-likeness (QED) is 0.430. The first kappa shape index (κ1) is 22.1. The van der Waals surface area contributed by atoms with Crippen LogP contribution < -0.4 is 10.2 Å². The molecular weight excluding hydrogens is 418 g/mol. The Balaban J connectivity index is 1.62. The Morgan fingerprint density at radius 2 is 1.56 bits per heavy atom. The average molecular weight is 446 g/mol. The van der Waals surface area contributed by atoms with E-state index in [0.717, 1.165) is 42.9 Å². The lowest BCUT2D eigenvalue weighted by Gasteiger charge is -2.35. The first-order valence-corrected chi connectivity index (χ1v) is 11.3. The minimum atomic E-state index is -0.0978. The van der Waals surface area contributed by atoms with Gasteiger partial charge in [-0.15, -0.1) is 0 Å². The monoisotopic (exact) mass is 445 g/mol. The van der Waals surface area contributed by atoms with Gasteiger partial charge in [0.25, 0.3) is 5.91 Å². The van der Waals surface area contributed by atoms with Crippen LogP contribution in [0.3, 0.4) is 0 Å². The number of anilines is 1. The number of benzene rings is 3. The van der Waals surface area contributed by atoms with Crippen molar-refractivity contribution in [3.8, 4) is 0 Å². The number of para-hydroxylation sites is 1. The highest BCUT2D eigenvalue weighted by atomic mass is 35.5. The standard InChI is InChI=1S/C27H28ClN3O/c1-30-15-17-31(18-16-30)26-10-6-5-9-23(26)19-25(22-7-3-2-4-8-22)27(32)29-20-21-11-13-24(28)14-12-21/h2-14,19H,15-18,20H2,1H3,(H,29,32)/b25-19-. The van der Waals surface area contributed by atoms with E-state index >= 15 is 0 Å². The number of hydrogen-bond acceptors (Lipinski definition) is 3. The summed E-state index contributed by atoms with van der Waals surface area (Å²) in [6, 6.07) is 25.7. The van der Waals surface area contributed by atoms with E-state index in [1.165, 1.54) is 5.69 Å². The summed E-state index contributed by atoms with van der Waals surface area (Å²) in [7, 11) is 2.15. The van der Waals surface area contributed by atoms with Crippen LogP contribution in [-0.2, 0) is 11.3 Å². The fourth-order valence-electron chi connectivity index (χ4n) is 3.88. The van der Waals surface area contributed by atoms with Crippen molar-refractivity contribution in [2.75, 3.05) is 38.1 Å². The number of likely N-dealkylation sites (N-methyl/N-ethyl adjacent to an activating group) is 1. The molecule has 1 aliphatic heterocycles. The zero-order chi connectivity index (χ0) is 22.3. The van der Waals surface area contributed by atoms with Crippen molar-refractivity contribution in [3.63, 3.8) is 0 Å². The van der Waals surface area contributed by atoms with Gasteiger partial charge in [0.05, 0.1) is 0 Å². The first-order chi connectivity index (χ1) is 15.6. The minimum Gasteiger partial charge on any atom is -0.368 e. The molecule has 5 heteroatoms. The van der Waals surface area contributed by atoms with E-state index in [1.54, 1.807) is 0 Å². The molecule has 4 rings (SSSR count). The third-order valence-electron chi connectivity index (χ3n) is 5.78. The highest BCUT2D eigenvalue weighted by molar-refractivity contribution is 6.30. The van der Waals surface area contributed by atoms with E-state index < -0.39 is 0 Å². The predicted octanol–water partition coefficient (Wildman–Crippen LogP) is 4.95. The molecule has 1 fully saturated rings. The van der Waals surface area contributed by atoms with Crippen LogP contribution in [0.5, 0.6) is 0 Å². The van der Waals surface area contributed by atoms with Crippen LogP contribution in [0.1, 0.15) is 16.7 Å². The smallest absolute Gasteiger partial charge is 0.252 e. The summed E-state index contributed by atoms with van der Waals surface area (Å²) in [6.07, 6.45) is 2.01. The largest absolute Gasteiger partial charge is 0.368 e. The van der Waals surface area contributed by atoms with Gasteiger partial charge >= 0.3 is 0 Å². The van der Waals surface area contributed by atoms with Gasteiger partial charge in [-0.2, -0.15) is 0 Å². The molecule has 1 N–H and O–H groups in total. The summed E-state index contributed by atoms with van der Waals surface area (Å²) in [6.45, 7) is 4.46. The Morgan fingerprint density at radius 1 is 0.906 bits per heavy atom. The van der Waals surface area contributed by atoms with Crippen LogP contribution in [0.2, 0.25) is 5.02 Å². The summed E-state index contributed by atoms with van der Waals surface area (Å²) < 4.78 is 0. The second-order valence-corrected chi connectivity index (χ2v) is 8.52. The fourth-order valence-corrected chi connectivity index (χ4v) is 4.00. The van der Waals surface area contributed by atoms with Crippen molar-refractivity contribution in [2.24, 2.45) is 0 Å². The Bertz CT molecular complexity index is 1070. The van der Waals surface area contributed by atoms with Crippen molar-refractivity contribution in [1.82, 2.24) is 10.2 Å². The van der Waals surface area contributed by atoms with E-state index in [2.05, 4.69) is 40.4 Å². The van der Waals surface area contributed by atoms with Crippen LogP contribution in [0.4, 0.5) is 5.69 Å². The van der Waals surface area contributed by atoms with Crippen molar-refractivity contribution in [2.45, 2.75) is 6.54 Å². The van der Waals surface area contributed by atoms with Crippen molar-refractivity contribution >= 4 is 34.8 Å². The van der Waals surface area contributed by atoms with E-state index in [1.807, 2.05) is 66.7 Å². The zero-order valence-corrected chi connectivity index (χ0v) is 19.1. The molecule has 0 radical (unpaired) electrons. The number of carbonyl (C=O) groups excluding carboxylic acids is 1. The van der Waals surface area contributed by atoms with Gasteiger partial charge in [-0.3, -0.25) is 4.79 Å². The van der Waals surface area contributed by atoms with Crippen molar-refractivity contribution in [3.05, 3.63) is 101 Å². The normalized spacial score (nSPS) is 14.9. The van der Waals surface area contributed by atoms with Crippen LogP contribution >= 0.6 is 11.6 Å². The van der Waals surface area contributed by atoms with E-state index in [4.69, 9.17) is 11.6 Å². The molecule has 1 amide bonds. The predicted molar refractivity (Wildman–Crippen MR) is 134 cm³/mol. The zero-order valence-electron chi connectivity index (χ0n) is 18.3. The van der Waals surface area contributed by atoms with Gasteiger partial charge in [0, 0.05) is 49.0 Å². The molecule has 1 heterocycles. The second kappa shape index (κ2) is 10.5. The number of halogens is 1. The summed E-state index contributed by atoms with van der Waals surface area (Å²) in [5.74, 6) is -0.0978. The lowest BCUT2D eigenvalue weighted by atomic mass is 10.0. The van der Waals surface area contributed by atoms with Gasteiger partial charge in [-0.1, -0.05) is 72.3 Å². The summed E-state index contributed by atoms with van der Waals surface area (Å²) in [5.41, 5.74) is 4.78. The SMILES string of the molecule is CN1CCN(c2ccccc2/C=C(\C(=O)NCc2ccc(Cl)cc2)c2ccccc2)CC1. The maximum absolute atomic E-state index is 13.3. The van der Waals surface area contributed by atoms with Gasteiger partial charge in [0.2, 0.25) is 0 Å². The molecule has 0 bridgehead atoms. The van der Waals surface area contributed by atoms with Crippen LogP contribution in [0, 0.1) is 0 Å². The molecular formula is C27H28ClN3O. The number of nitrogens with zero attached hydrogens (tertiary/aromatic N) is 2. The van der Waals surface area contributed by atoms with E-state index in [9.17, 15) is 4.79 Å². The van der Waals surface area contributed by atoms with Gasteiger partial charge < -0.3 is 15.1 Å². The molecule has 3 aromatic rings. The third-order valence-corrected chi connectivity index (χ3v) is 6.03. The summed E-state index contributed by atoms with van der Waals surface area (Å²) >= 11 is 5.98. The number of nitrogens with one attached hydrogen (secondary N) is 1. The maximum Gasteiger partial charge on any atom is 0.252 e. The minimum absolute atomic E-state index is 0.0978. The Morgan fingerprint density at radius 3 is 2.28 bits per heavy atom. The Labute approximate surface area is 195 Å². The average Bonchev–Trinajstić information content (AvgIpc) is 2.83. The molecule has 0 aliphatic carbocycles. The van der Waals surface area contributed by atoms with Crippen molar-refractivity contribution < 1.29 is 4.79 Å². The highest BCUT2D eigenvalue weighted by Gasteiger charge is 2.18. The second-order valence-electron chi connectivity index (χ2n) is 8.08. The van der Waals surface area contributed by atoms with Crippen LogP contribution in [0.25, 0.3) is 11.6 Å². The fraction of sp³-hybridized carbons (Fsp3) is 0.222.